The number of amides is 1. The molecule has 2 aliphatic heterocycles. The molecule has 6 heteroatoms. The molecule has 0 N–H and O–H groups in total. The van der Waals surface area contributed by atoms with Crippen LogP contribution in [0.1, 0.15) is 17.8 Å². The average Bonchev–Trinajstić information content (AvgIpc) is 3.42. The lowest BCUT2D eigenvalue weighted by Crippen LogP contribution is -2.45. The van der Waals surface area contributed by atoms with E-state index in [9.17, 15) is 4.79 Å². The molecule has 0 bridgehead atoms. The van der Waals surface area contributed by atoms with Crippen LogP contribution in [0.25, 0.3) is 11.3 Å². The number of likely N-dealkylation sites (tertiary alicyclic amines) is 1. The van der Waals surface area contributed by atoms with Crippen molar-refractivity contribution in [2.45, 2.75) is 31.6 Å². The molecular weight excluding hydrogens is 358 g/mol. The van der Waals surface area contributed by atoms with Crippen molar-refractivity contribution < 1.29 is 9.53 Å². The Bertz CT molecular complexity index is 951. The molecule has 0 radical (unpaired) electrons. The minimum atomic E-state index is -0.301. The molecule has 1 spiro atoms. The van der Waals surface area contributed by atoms with Gasteiger partial charge in [-0.2, -0.15) is 11.3 Å². The monoisotopic (exact) mass is 379 g/mol. The summed E-state index contributed by atoms with van der Waals surface area (Å²) in [5.74, 6) is 1.15. The highest BCUT2D eigenvalue weighted by molar-refractivity contribution is 7.08. The highest BCUT2D eigenvalue weighted by atomic mass is 32.1. The highest BCUT2D eigenvalue weighted by Gasteiger charge is 2.44. The number of fused-ring (bicyclic) bond motifs is 1. The zero-order valence-corrected chi connectivity index (χ0v) is 15.8. The van der Waals surface area contributed by atoms with E-state index in [4.69, 9.17) is 4.74 Å². The second-order valence-corrected chi connectivity index (χ2v) is 8.14. The summed E-state index contributed by atoms with van der Waals surface area (Å²) in [6.45, 7) is 2.66. The van der Waals surface area contributed by atoms with Crippen LogP contribution >= 0.6 is 11.3 Å². The Morgan fingerprint density at radius 3 is 2.93 bits per heavy atom. The minimum Gasteiger partial charge on any atom is -0.363 e. The van der Waals surface area contributed by atoms with Crippen molar-refractivity contribution in [2.75, 3.05) is 13.1 Å². The zero-order valence-electron chi connectivity index (χ0n) is 15.0. The number of benzene rings is 1. The molecule has 1 atom stereocenters. The number of imidazole rings is 1. The molecule has 4 heterocycles. The van der Waals surface area contributed by atoms with E-state index in [2.05, 4.69) is 26.4 Å². The standard InChI is InChI=1S/C21H21N3O2S/c25-20(10-16-4-2-1-3-5-16)23-8-7-21(14-23)15-24-18(17-6-9-27-13-17)11-22-19(24)12-26-21/h1-6,9,11,13H,7-8,10,12,14-15H2/t21-/m1/s1. The molecule has 1 aromatic carbocycles. The van der Waals surface area contributed by atoms with Gasteiger partial charge in [0, 0.05) is 17.5 Å². The zero-order chi connectivity index (χ0) is 18.3. The highest BCUT2D eigenvalue weighted by Crippen LogP contribution is 2.35. The third kappa shape index (κ3) is 3.09. The van der Waals surface area contributed by atoms with Crippen LogP contribution in [0.5, 0.6) is 0 Å². The van der Waals surface area contributed by atoms with E-state index in [0.717, 1.165) is 36.6 Å². The molecule has 138 valence electrons. The molecule has 1 fully saturated rings. The molecule has 2 aliphatic rings. The van der Waals surface area contributed by atoms with Crippen molar-refractivity contribution in [2.24, 2.45) is 0 Å². The number of rotatable bonds is 3. The molecule has 2 aromatic heterocycles. The maximum Gasteiger partial charge on any atom is 0.227 e. The quantitative estimate of drug-likeness (QED) is 0.701. The number of carbonyl (C=O) groups excluding carboxylic acids is 1. The van der Waals surface area contributed by atoms with Crippen LogP contribution < -0.4 is 0 Å². The molecule has 1 saturated heterocycles. The van der Waals surface area contributed by atoms with Gasteiger partial charge in [-0.3, -0.25) is 4.79 Å². The van der Waals surface area contributed by atoms with Crippen molar-refractivity contribution in [3.63, 3.8) is 0 Å². The summed E-state index contributed by atoms with van der Waals surface area (Å²) in [4.78, 5) is 19.2. The minimum absolute atomic E-state index is 0.177. The van der Waals surface area contributed by atoms with Gasteiger partial charge >= 0.3 is 0 Å². The lowest BCUT2D eigenvalue weighted by molar-refractivity contribution is -0.132. The molecule has 0 aliphatic carbocycles. The summed E-state index contributed by atoms with van der Waals surface area (Å²) in [6.07, 6.45) is 3.26. The maximum atomic E-state index is 12.7. The van der Waals surface area contributed by atoms with Gasteiger partial charge in [0.2, 0.25) is 5.91 Å². The van der Waals surface area contributed by atoms with E-state index >= 15 is 0 Å². The molecule has 1 amide bonds. The Balaban J connectivity index is 1.33. The van der Waals surface area contributed by atoms with Gasteiger partial charge in [-0.25, -0.2) is 4.98 Å². The van der Waals surface area contributed by atoms with E-state index < -0.39 is 0 Å². The molecule has 0 saturated carbocycles. The Morgan fingerprint density at radius 1 is 1.22 bits per heavy atom. The van der Waals surface area contributed by atoms with E-state index in [-0.39, 0.29) is 11.5 Å². The van der Waals surface area contributed by atoms with Crippen LogP contribution in [0.2, 0.25) is 0 Å². The third-order valence-electron chi connectivity index (χ3n) is 5.58. The van der Waals surface area contributed by atoms with E-state index in [1.165, 1.54) is 5.56 Å². The molecule has 3 aromatic rings. The number of carbonyl (C=O) groups is 1. The second kappa shape index (κ2) is 6.62. The second-order valence-electron chi connectivity index (χ2n) is 7.36. The first-order valence-electron chi connectivity index (χ1n) is 9.25. The predicted octanol–water partition coefficient (Wildman–Crippen LogP) is 3.36. The van der Waals surface area contributed by atoms with Crippen LogP contribution in [0.3, 0.4) is 0 Å². The number of hydrogen-bond donors (Lipinski definition) is 0. The molecular formula is C21H21N3O2S. The number of ether oxygens (including phenoxy) is 1. The smallest absolute Gasteiger partial charge is 0.227 e. The van der Waals surface area contributed by atoms with Gasteiger partial charge in [0.15, 0.2) is 0 Å². The topological polar surface area (TPSA) is 47.4 Å². The lowest BCUT2D eigenvalue weighted by atomic mass is 10.0. The molecule has 5 rings (SSSR count). The fraction of sp³-hybridized carbons (Fsp3) is 0.333. The van der Waals surface area contributed by atoms with Crippen LogP contribution in [0.4, 0.5) is 0 Å². The van der Waals surface area contributed by atoms with Gasteiger partial charge in [-0.15, -0.1) is 0 Å². The fourth-order valence-corrected chi connectivity index (χ4v) is 4.73. The van der Waals surface area contributed by atoms with Crippen molar-refractivity contribution in [3.8, 4) is 11.3 Å². The third-order valence-corrected chi connectivity index (χ3v) is 6.26. The fourth-order valence-electron chi connectivity index (χ4n) is 4.08. The van der Waals surface area contributed by atoms with Gasteiger partial charge in [0.1, 0.15) is 18.0 Å². The van der Waals surface area contributed by atoms with Crippen LogP contribution in [-0.2, 0) is 29.1 Å². The van der Waals surface area contributed by atoms with Crippen LogP contribution in [0.15, 0.2) is 53.4 Å². The number of nitrogens with zero attached hydrogens (tertiary/aromatic N) is 3. The van der Waals surface area contributed by atoms with Gasteiger partial charge in [-0.05, 0) is 23.4 Å². The summed E-state index contributed by atoms with van der Waals surface area (Å²) < 4.78 is 8.51. The van der Waals surface area contributed by atoms with E-state index in [1.807, 2.05) is 41.4 Å². The molecule has 5 nitrogen and oxygen atoms in total. The Kier molecular flexibility index (Phi) is 4.10. The Hall–Kier alpha value is -2.44. The van der Waals surface area contributed by atoms with Gasteiger partial charge < -0.3 is 14.2 Å². The number of aromatic nitrogens is 2. The largest absolute Gasteiger partial charge is 0.363 e. The first kappa shape index (κ1) is 16.7. The van der Waals surface area contributed by atoms with Gasteiger partial charge in [-0.1, -0.05) is 30.3 Å². The van der Waals surface area contributed by atoms with Crippen molar-refractivity contribution in [1.82, 2.24) is 14.5 Å². The SMILES string of the molecule is O=C(Cc1ccccc1)N1CC[C@@]2(C1)Cn1c(-c3ccsc3)cnc1CO2. The first-order valence-corrected chi connectivity index (χ1v) is 10.2. The van der Waals surface area contributed by atoms with Crippen molar-refractivity contribution in [3.05, 3.63) is 64.7 Å². The van der Waals surface area contributed by atoms with Gasteiger partial charge in [0.05, 0.1) is 31.4 Å². The van der Waals surface area contributed by atoms with Crippen LogP contribution in [-0.4, -0.2) is 39.0 Å². The number of thiophene rings is 1. The van der Waals surface area contributed by atoms with Gasteiger partial charge in [0.25, 0.3) is 0 Å². The van der Waals surface area contributed by atoms with Crippen LogP contribution in [0, 0.1) is 0 Å². The predicted molar refractivity (Wildman–Crippen MR) is 104 cm³/mol. The normalized spacial score (nSPS) is 21.6. The average molecular weight is 379 g/mol. The number of hydrogen-bond acceptors (Lipinski definition) is 4. The summed E-state index contributed by atoms with van der Waals surface area (Å²) in [5, 5.41) is 4.24. The summed E-state index contributed by atoms with van der Waals surface area (Å²) >= 11 is 1.69. The summed E-state index contributed by atoms with van der Waals surface area (Å²) in [5.41, 5.74) is 3.10. The Labute approximate surface area is 162 Å². The molecule has 0 unspecified atom stereocenters. The maximum absolute atomic E-state index is 12.7. The van der Waals surface area contributed by atoms with E-state index in [0.29, 0.717) is 19.6 Å². The lowest BCUT2D eigenvalue weighted by Gasteiger charge is -2.35. The van der Waals surface area contributed by atoms with Crippen molar-refractivity contribution >= 4 is 17.2 Å². The Morgan fingerprint density at radius 2 is 2.11 bits per heavy atom. The van der Waals surface area contributed by atoms with E-state index in [1.54, 1.807) is 11.3 Å². The molecule has 27 heavy (non-hydrogen) atoms. The summed E-state index contributed by atoms with van der Waals surface area (Å²) in [6, 6.07) is 12.1. The summed E-state index contributed by atoms with van der Waals surface area (Å²) in [7, 11) is 0. The van der Waals surface area contributed by atoms with Crippen molar-refractivity contribution in [1.29, 1.82) is 0 Å². The first-order chi connectivity index (χ1) is 13.2.